The molecule has 1 fully saturated rings. The maximum atomic E-state index is 11.3. The first kappa shape index (κ1) is 10.9. The van der Waals surface area contributed by atoms with E-state index < -0.39 is 14.8 Å². The third-order valence-corrected chi connectivity index (χ3v) is 3.07. The molecule has 0 aliphatic carbocycles. The number of Topliss-reactive ketones (excluding diaryl/α,β-unsaturated/α-hetero) is 1. The van der Waals surface area contributed by atoms with Crippen LogP contribution < -0.4 is 5.32 Å². The van der Waals surface area contributed by atoms with Crippen LogP contribution in [-0.2, 0) is 13.8 Å². The van der Waals surface area contributed by atoms with Crippen LogP contribution in [-0.4, -0.2) is 33.0 Å². The summed E-state index contributed by atoms with van der Waals surface area (Å²) in [6, 6.07) is 0. The van der Waals surface area contributed by atoms with Crippen molar-refractivity contribution >= 4 is 25.5 Å². The van der Waals surface area contributed by atoms with Gasteiger partial charge in [-0.05, 0) is 25.9 Å². The van der Waals surface area contributed by atoms with Crippen LogP contribution >= 0.6 is 10.7 Å². The molecule has 6 heteroatoms. The first-order chi connectivity index (χ1) is 5.99. The molecule has 4 nitrogen and oxygen atoms in total. The highest BCUT2D eigenvalue weighted by Gasteiger charge is 2.24. The van der Waals surface area contributed by atoms with Crippen molar-refractivity contribution in [1.29, 1.82) is 0 Å². The van der Waals surface area contributed by atoms with Gasteiger partial charge < -0.3 is 5.32 Å². The molecule has 13 heavy (non-hydrogen) atoms. The third kappa shape index (κ3) is 4.06. The normalized spacial score (nSPS) is 20.1. The van der Waals surface area contributed by atoms with Crippen molar-refractivity contribution < 1.29 is 13.2 Å². The molecule has 1 aliphatic rings. The Hall–Kier alpha value is -0.130. The van der Waals surface area contributed by atoms with Gasteiger partial charge in [0.05, 0.1) is 0 Å². The highest BCUT2D eigenvalue weighted by Crippen LogP contribution is 2.14. The summed E-state index contributed by atoms with van der Waals surface area (Å²) in [7, 11) is 1.31. The lowest BCUT2D eigenvalue weighted by Crippen LogP contribution is -2.33. The molecule has 0 unspecified atom stereocenters. The Labute approximate surface area is 82.1 Å². The van der Waals surface area contributed by atoms with E-state index in [0.717, 1.165) is 13.1 Å². The largest absolute Gasteiger partial charge is 0.317 e. The second-order valence-electron chi connectivity index (χ2n) is 3.17. The first-order valence-electron chi connectivity index (χ1n) is 4.15. The zero-order valence-electron chi connectivity index (χ0n) is 7.12. The van der Waals surface area contributed by atoms with Crippen molar-refractivity contribution in [3.8, 4) is 0 Å². The van der Waals surface area contributed by atoms with Gasteiger partial charge in [0, 0.05) is 16.6 Å². The van der Waals surface area contributed by atoms with Gasteiger partial charge in [0.1, 0.15) is 5.75 Å². The molecule has 0 radical (unpaired) electrons. The van der Waals surface area contributed by atoms with Crippen molar-refractivity contribution in [3.63, 3.8) is 0 Å². The van der Waals surface area contributed by atoms with Gasteiger partial charge in [-0.3, -0.25) is 4.79 Å². The monoisotopic (exact) mass is 225 g/mol. The van der Waals surface area contributed by atoms with Gasteiger partial charge >= 0.3 is 0 Å². The van der Waals surface area contributed by atoms with Gasteiger partial charge in [0.25, 0.3) is 0 Å². The second kappa shape index (κ2) is 4.39. The summed E-state index contributed by atoms with van der Waals surface area (Å²) in [5.74, 6) is -0.912. The van der Waals surface area contributed by atoms with Crippen molar-refractivity contribution in [3.05, 3.63) is 0 Å². The van der Waals surface area contributed by atoms with Gasteiger partial charge in [-0.15, -0.1) is 0 Å². The van der Waals surface area contributed by atoms with Crippen LogP contribution in [0.3, 0.4) is 0 Å². The number of ketones is 1. The topological polar surface area (TPSA) is 63.2 Å². The second-order valence-corrected chi connectivity index (χ2v) is 5.95. The lowest BCUT2D eigenvalue weighted by atomic mass is 9.94. The van der Waals surface area contributed by atoms with E-state index in [1.165, 1.54) is 0 Å². The van der Waals surface area contributed by atoms with Crippen molar-refractivity contribution in [2.75, 3.05) is 18.8 Å². The molecule has 0 aromatic heterocycles. The fourth-order valence-electron chi connectivity index (χ4n) is 1.43. The van der Waals surface area contributed by atoms with E-state index in [2.05, 4.69) is 5.32 Å². The number of nitrogens with one attached hydrogen (secondary N) is 1. The van der Waals surface area contributed by atoms with E-state index in [1.807, 2.05) is 0 Å². The van der Waals surface area contributed by atoms with Crippen LogP contribution in [0.2, 0.25) is 0 Å². The molecule has 1 aliphatic heterocycles. The summed E-state index contributed by atoms with van der Waals surface area (Å²) >= 11 is 0. The number of piperidine rings is 1. The molecule has 0 atom stereocenters. The average molecular weight is 226 g/mol. The van der Waals surface area contributed by atoms with Crippen molar-refractivity contribution in [1.82, 2.24) is 5.32 Å². The Morgan fingerprint density at radius 1 is 1.38 bits per heavy atom. The molecule has 1 saturated heterocycles. The number of carbonyl (C=O) groups is 1. The molecule has 0 aromatic carbocycles. The molecule has 0 bridgehead atoms. The fourth-order valence-corrected chi connectivity index (χ4v) is 2.33. The average Bonchev–Trinajstić information content (AvgIpc) is 2.03. The van der Waals surface area contributed by atoms with Crippen LogP contribution in [0.4, 0.5) is 0 Å². The van der Waals surface area contributed by atoms with Gasteiger partial charge in [0.2, 0.25) is 9.05 Å². The van der Waals surface area contributed by atoms with E-state index in [-0.39, 0.29) is 11.7 Å². The Morgan fingerprint density at radius 2 is 1.92 bits per heavy atom. The van der Waals surface area contributed by atoms with Gasteiger partial charge in [-0.1, -0.05) is 0 Å². The summed E-state index contributed by atoms with van der Waals surface area (Å²) in [6.07, 6.45) is 1.43. The Morgan fingerprint density at radius 3 is 2.38 bits per heavy atom. The lowest BCUT2D eigenvalue weighted by molar-refractivity contribution is -0.121. The summed E-state index contributed by atoms with van der Waals surface area (Å²) in [6.45, 7) is 1.55. The van der Waals surface area contributed by atoms with E-state index in [9.17, 15) is 13.2 Å². The van der Waals surface area contributed by atoms with Crippen LogP contribution in [0.15, 0.2) is 0 Å². The molecule has 0 saturated carbocycles. The summed E-state index contributed by atoms with van der Waals surface area (Å²) in [4.78, 5) is 11.3. The zero-order chi connectivity index (χ0) is 9.90. The maximum Gasteiger partial charge on any atom is 0.239 e. The standard InChI is InChI=1S/C7H12ClNO3S/c8-13(11,12)5-7(10)6-1-3-9-4-2-6/h6,9H,1-5H2. The third-order valence-electron chi connectivity index (χ3n) is 2.11. The molecule has 0 aromatic rings. The summed E-state index contributed by atoms with van der Waals surface area (Å²) in [5, 5.41) is 3.10. The fraction of sp³-hybridized carbons (Fsp3) is 0.857. The van der Waals surface area contributed by atoms with E-state index >= 15 is 0 Å². The molecule has 0 amide bonds. The summed E-state index contributed by atoms with van der Waals surface area (Å²) < 4.78 is 21.2. The van der Waals surface area contributed by atoms with Gasteiger partial charge in [0.15, 0.2) is 5.78 Å². The Balaban J connectivity index is 2.47. The summed E-state index contributed by atoms with van der Waals surface area (Å²) in [5.41, 5.74) is 0. The predicted molar refractivity (Wildman–Crippen MR) is 50.2 cm³/mol. The number of hydrogen-bond donors (Lipinski definition) is 1. The molecule has 1 rings (SSSR count). The number of halogens is 1. The molecule has 1 N–H and O–H groups in total. The van der Waals surface area contributed by atoms with E-state index in [4.69, 9.17) is 10.7 Å². The van der Waals surface area contributed by atoms with E-state index in [1.54, 1.807) is 0 Å². The van der Waals surface area contributed by atoms with Crippen LogP contribution in [0.5, 0.6) is 0 Å². The molecule has 76 valence electrons. The minimum atomic E-state index is -3.67. The van der Waals surface area contributed by atoms with Crippen LogP contribution in [0.1, 0.15) is 12.8 Å². The van der Waals surface area contributed by atoms with Crippen LogP contribution in [0.25, 0.3) is 0 Å². The molecule has 0 spiro atoms. The molecular formula is C7H12ClNO3S. The SMILES string of the molecule is O=C(CS(=O)(=O)Cl)C1CCNCC1. The number of rotatable bonds is 3. The van der Waals surface area contributed by atoms with Gasteiger partial charge in [-0.25, -0.2) is 8.42 Å². The lowest BCUT2D eigenvalue weighted by Gasteiger charge is -2.20. The van der Waals surface area contributed by atoms with Gasteiger partial charge in [-0.2, -0.15) is 0 Å². The first-order valence-corrected chi connectivity index (χ1v) is 6.62. The smallest absolute Gasteiger partial charge is 0.239 e. The van der Waals surface area contributed by atoms with E-state index in [0.29, 0.717) is 12.8 Å². The quantitative estimate of drug-likeness (QED) is 0.694. The highest BCUT2D eigenvalue weighted by atomic mass is 35.7. The Bertz CT molecular complexity index is 282. The van der Waals surface area contributed by atoms with Crippen molar-refractivity contribution in [2.24, 2.45) is 5.92 Å². The highest BCUT2D eigenvalue weighted by molar-refractivity contribution is 8.14. The Kier molecular flexibility index (Phi) is 3.70. The number of hydrogen-bond acceptors (Lipinski definition) is 4. The molecule has 1 heterocycles. The zero-order valence-corrected chi connectivity index (χ0v) is 8.70. The van der Waals surface area contributed by atoms with Crippen molar-refractivity contribution in [2.45, 2.75) is 12.8 Å². The van der Waals surface area contributed by atoms with Crippen LogP contribution in [0, 0.1) is 5.92 Å². The predicted octanol–water partition coefficient (Wildman–Crippen LogP) is 0.124. The minimum absolute atomic E-state index is 0.130. The minimum Gasteiger partial charge on any atom is -0.317 e. The molecular weight excluding hydrogens is 214 g/mol. The maximum absolute atomic E-state index is 11.3. The number of carbonyl (C=O) groups excluding carboxylic acids is 1.